The fourth-order valence-corrected chi connectivity index (χ4v) is 3.40. The molecule has 1 fully saturated rings. The number of nitrogens with zero attached hydrogens (tertiary/aromatic N) is 4. The predicted octanol–water partition coefficient (Wildman–Crippen LogP) is 3.05. The van der Waals surface area contributed by atoms with Gasteiger partial charge in [0.25, 0.3) is 0 Å². The second-order valence-corrected chi connectivity index (χ2v) is 7.71. The van der Waals surface area contributed by atoms with Crippen LogP contribution in [-0.2, 0) is 11.3 Å². The number of ether oxygens (including phenoxy) is 2. The molecule has 0 aliphatic carbocycles. The lowest BCUT2D eigenvalue weighted by Gasteiger charge is -2.32. The van der Waals surface area contributed by atoms with Crippen LogP contribution in [0.25, 0.3) is 0 Å². The Labute approximate surface area is 183 Å². The van der Waals surface area contributed by atoms with Gasteiger partial charge < -0.3 is 24.6 Å². The first-order valence-electron chi connectivity index (χ1n) is 10.2. The monoisotopic (exact) mass is 431 g/mol. The molecule has 30 heavy (non-hydrogen) atoms. The Morgan fingerprint density at radius 3 is 2.90 bits per heavy atom. The predicted molar refractivity (Wildman–Crippen MR) is 122 cm³/mol. The van der Waals surface area contributed by atoms with E-state index >= 15 is 0 Å². The number of guanidine groups is 1. The van der Waals surface area contributed by atoms with E-state index in [4.69, 9.17) is 21.1 Å². The van der Waals surface area contributed by atoms with Crippen molar-refractivity contribution in [3.8, 4) is 5.75 Å². The fourth-order valence-electron chi connectivity index (χ4n) is 3.27. The molecule has 0 spiro atoms. The normalized spacial score (nSPS) is 17.0. The van der Waals surface area contributed by atoms with Crippen molar-refractivity contribution < 1.29 is 9.47 Å². The van der Waals surface area contributed by atoms with Gasteiger partial charge in [0.15, 0.2) is 5.96 Å². The molecule has 1 unspecified atom stereocenters. The first-order chi connectivity index (χ1) is 14.5. The zero-order valence-electron chi connectivity index (χ0n) is 17.8. The maximum absolute atomic E-state index is 5.90. The third-order valence-corrected chi connectivity index (χ3v) is 5.16. The number of hydrogen-bond donors (Lipinski definition) is 1. The molecule has 1 N–H and O–H groups in total. The minimum Gasteiger partial charge on any atom is -0.492 e. The summed E-state index contributed by atoms with van der Waals surface area (Å²) in [7, 11) is 3.78. The number of nitrogens with one attached hydrogen (secondary N) is 1. The third-order valence-electron chi connectivity index (χ3n) is 4.91. The minimum absolute atomic E-state index is 0.227. The molecule has 1 aromatic carbocycles. The maximum atomic E-state index is 5.90. The van der Waals surface area contributed by atoms with Crippen molar-refractivity contribution in [2.75, 3.05) is 51.8 Å². The van der Waals surface area contributed by atoms with Gasteiger partial charge in [0, 0.05) is 44.9 Å². The maximum Gasteiger partial charge on any atom is 0.193 e. The quantitative estimate of drug-likeness (QED) is 0.537. The number of aromatic nitrogens is 1. The zero-order valence-corrected chi connectivity index (χ0v) is 18.6. The highest BCUT2D eigenvalue weighted by Gasteiger charge is 2.18. The summed E-state index contributed by atoms with van der Waals surface area (Å²) in [6, 6.07) is 11.5. The van der Waals surface area contributed by atoms with Gasteiger partial charge in [-0.1, -0.05) is 11.6 Å². The molecule has 8 heteroatoms. The number of hydrogen-bond acceptors (Lipinski definition) is 5. The number of pyridine rings is 1. The summed E-state index contributed by atoms with van der Waals surface area (Å²) < 4.78 is 11.4. The molecule has 0 radical (unpaired) electrons. The van der Waals surface area contributed by atoms with E-state index < -0.39 is 0 Å². The van der Waals surface area contributed by atoms with Crippen LogP contribution in [0.2, 0.25) is 5.02 Å². The van der Waals surface area contributed by atoms with E-state index in [2.05, 4.69) is 33.2 Å². The molecule has 162 valence electrons. The van der Waals surface area contributed by atoms with Crippen molar-refractivity contribution in [1.29, 1.82) is 0 Å². The van der Waals surface area contributed by atoms with E-state index in [1.165, 1.54) is 0 Å². The summed E-state index contributed by atoms with van der Waals surface area (Å²) in [6.07, 6.45) is 2.09. The standard InChI is InChI=1S/C22H30ClN5O2/c1-17-16-28(11-13-29-17)21-14-18(8-9-25-21)15-26-22(24-2)27(3)10-12-30-20-6-4-19(23)5-7-20/h4-9,14,17H,10-13,15-16H2,1-3H3,(H,24,26). The molecule has 2 heterocycles. The van der Waals surface area contributed by atoms with Gasteiger partial charge >= 0.3 is 0 Å². The first kappa shape index (κ1) is 22.2. The molecule has 1 saturated heterocycles. The van der Waals surface area contributed by atoms with Crippen LogP contribution in [0.15, 0.2) is 47.6 Å². The summed E-state index contributed by atoms with van der Waals surface area (Å²) in [5, 5.41) is 4.11. The van der Waals surface area contributed by atoms with Crippen LogP contribution < -0.4 is 15.0 Å². The number of benzene rings is 1. The van der Waals surface area contributed by atoms with E-state index in [9.17, 15) is 0 Å². The lowest BCUT2D eigenvalue weighted by atomic mass is 10.2. The number of halogens is 1. The Morgan fingerprint density at radius 1 is 1.37 bits per heavy atom. The molecule has 0 bridgehead atoms. The summed E-state index contributed by atoms with van der Waals surface area (Å²) in [6.45, 7) is 6.48. The number of anilines is 1. The van der Waals surface area contributed by atoms with E-state index in [0.717, 1.165) is 42.8 Å². The molecular formula is C22H30ClN5O2. The van der Waals surface area contributed by atoms with Crippen molar-refractivity contribution in [3.63, 3.8) is 0 Å². The summed E-state index contributed by atoms with van der Waals surface area (Å²) in [4.78, 5) is 13.2. The Kier molecular flexibility index (Phi) is 8.16. The average molecular weight is 432 g/mol. The highest BCUT2D eigenvalue weighted by molar-refractivity contribution is 6.30. The topological polar surface area (TPSA) is 62.2 Å². The Bertz CT molecular complexity index is 831. The fraction of sp³-hybridized carbons (Fsp3) is 0.455. The highest BCUT2D eigenvalue weighted by atomic mass is 35.5. The van der Waals surface area contributed by atoms with E-state index in [0.29, 0.717) is 24.7 Å². The molecule has 7 nitrogen and oxygen atoms in total. The van der Waals surface area contributed by atoms with Gasteiger partial charge in [0.1, 0.15) is 18.2 Å². The summed E-state index contributed by atoms with van der Waals surface area (Å²) >= 11 is 5.90. The van der Waals surface area contributed by atoms with E-state index in [1.807, 2.05) is 48.5 Å². The largest absolute Gasteiger partial charge is 0.492 e. The molecule has 1 aliphatic heterocycles. The Balaban J connectivity index is 1.48. The third kappa shape index (κ3) is 6.50. The smallest absolute Gasteiger partial charge is 0.193 e. The molecule has 1 atom stereocenters. The number of morpholine rings is 1. The van der Waals surface area contributed by atoms with Crippen LogP contribution in [0.4, 0.5) is 5.82 Å². The van der Waals surface area contributed by atoms with Gasteiger partial charge in [-0.3, -0.25) is 4.99 Å². The van der Waals surface area contributed by atoms with Crippen LogP contribution in [0.5, 0.6) is 5.75 Å². The molecule has 2 aromatic rings. The minimum atomic E-state index is 0.227. The van der Waals surface area contributed by atoms with Gasteiger partial charge in [-0.25, -0.2) is 4.98 Å². The zero-order chi connectivity index (χ0) is 21.3. The van der Waals surface area contributed by atoms with Gasteiger partial charge in [-0.05, 0) is 48.9 Å². The van der Waals surface area contributed by atoms with Crippen LogP contribution in [0, 0.1) is 0 Å². The molecule has 0 saturated carbocycles. The number of likely N-dealkylation sites (N-methyl/N-ethyl adjacent to an activating group) is 1. The van der Waals surface area contributed by atoms with Crippen molar-refractivity contribution in [2.24, 2.45) is 4.99 Å². The molecule has 0 amide bonds. The Morgan fingerprint density at radius 2 is 2.17 bits per heavy atom. The van der Waals surface area contributed by atoms with E-state index in [1.54, 1.807) is 7.05 Å². The highest BCUT2D eigenvalue weighted by Crippen LogP contribution is 2.17. The SMILES string of the molecule is CN=C(NCc1ccnc(N2CCOC(C)C2)c1)N(C)CCOc1ccc(Cl)cc1. The van der Waals surface area contributed by atoms with Gasteiger partial charge in [-0.2, -0.15) is 0 Å². The molecule has 1 aliphatic rings. The van der Waals surface area contributed by atoms with Crippen LogP contribution >= 0.6 is 11.6 Å². The van der Waals surface area contributed by atoms with Crippen molar-refractivity contribution >= 4 is 23.4 Å². The first-order valence-corrected chi connectivity index (χ1v) is 10.5. The summed E-state index contributed by atoms with van der Waals surface area (Å²) in [5.74, 6) is 2.61. The molecule has 1 aromatic heterocycles. The van der Waals surface area contributed by atoms with Crippen LogP contribution in [-0.4, -0.2) is 68.9 Å². The van der Waals surface area contributed by atoms with Gasteiger partial charge in [-0.15, -0.1) is 0 Å². The van der Waals surface area contributed by atoms with Gasteiger partial charge in [0.05, 0.1) is 19.3 Å². The van der Waals surface area contributed by atoms with Crippen LogP contribution in [0.3, 0.4) is 0 Å². The Hall–Kier alpha value is -2.51. The lowest BCUT2D eigenvalue weighted by Crippen LogP contribution is -2.42. The van der Waals surface area contributed by atoms with Gasteiger partial charge in [0.2, 0.25) is 0 Å². The molecular weight excluding hydrogens is 402 g/mol. The van der Waals surface area contributed by atoms with E-state index in [-0.39, 0.29) is 6.10 Å². The van der Waals surface area contributed by atoms with Crippen LogP contribution in [0.1, 0.15) is 12.5 Å². The van der Waals surface area contributed by atoms with Crippen molar-refractivity contribution in [3.05, 3.63) is 53.2 Å². The average Bonchev–Trinajstić information content (AvgIpc) is 2.76. The molecule has 3 rings (SSSR count). The second-order valence-electron chi connectivity index (χ2n) is 7.27. The summed E-state index contributed by atoms with van der Waals surface area (Å²) in [5.41, 5.74) is 1.16. The number of rotatable bonds is 7. The van der Waals surface area contributed by atoms with Crippen molar-refractivity contribution in [1.82, 2.24) is 15.2 Å². The second kappa shape index (κ2) is 11.0. The van der Waals surface area contributed by atoms with Crippen molar-refractivity contribution in [2.45, 2.75) is 19.6 Å². The lowest BCUT2D eigenvalue weighted by molar-refractivity contribution is 0.0529. The number of aliphatic imine (C=N–C) groups is 1.